The van der Waals surface area contributed by atoms with Crippen LogP contribution in [-0.4, -0.2) is 16.7 Å². The van der Waals surface area contributed by atoms with Crippen LogP contribution in [0.5, 0.6) is 0 Å². The van der Waals surface area contributed by atoms with Gasteiger partial charge >= 0.3 is 0 Å². The predicted molar refractivity (Wildman–Crippen MR) is 114 cm³/mol. The summed E-state index contributed by atoms with van der Waals surface area (Å²) in [5, 5.41) is 0. The van der Waals surface area contributed by atoms with Crippen molar-refractivity contribution in [3.63, 3.8) is 0 Å². The van der Waals surface area contributed by atoms with E-state index in [0.717, 1.165) is 25.7 Å². The predicted octanol–water partition coefficient (Wildman–Crippen LogP) is 5.58. The monoisotopic (exact) mass is 381 g/mol. The van der Waals surface area contributed by atoms with Gasteiger partial charge in [-0.3, -0.25) is 14.5 Å². The number of imide groups is 1. The zero-order valence-corrected chi connectivity index (χ0v) is 18.3. The molecule has 3 nitrogen and oxygen atoms in total. The van der Waals surface area contributed by atoms with Crippen LogP contribution in [0.3, 0.4) is 0 Å². The summed E-state index contributed by atoms with van der Waals surface area (Å²) in [5.74, 6) is 1.32. The Labute approximate surface area is 170 Å². The van der Waals surface area contributed by atoms with Crippen LogP contribution in [0.25, 0.3) is 0 Å². The Balaban J connectivity index is 2.17. The second-order valence-electron chi connectivity index (χ2n) is 10.1. The molecule has 1 aromatic rings. The molecule has 0 fully saturated rings. The van der Waals surface area contributed by atoms with Crippen molar-refractivity contribution in [2.75, 3.05) is 0 Å². The Morgan fingerprint density at radius 3 is 2.00 bits per heavy atom. The molecule has 2 aliphatic rings. The van der Waals surface area contributed by atoms with Gasteiger partial charge in [0.15, 0.2) is 0 Å². The number of hydrogen-bond donors (Lipinski definition) is 0. The van der Waals surface area contributed by atoms with E-state index >= 15 is 0 Å². The van der Waals surface area contributed by atoms with Crippen molar-refractivity contribution >= 4 is 11.8 Å². The molecule has 28 heavy (non-hydrogen) atoms. The highest BCUT2D eigenvalue weighted by molar-refractivity contribution is 6.13. The molecule has 0 N–H and O–H groups in total. The molecule has 3 rings (SSSR count). The Hall–Kier alpha value is -1.90. The molecule has 152 valence electrons. The number of carbonyl (C=O) groups is 2. The molecule has 0 spiro atoms. The highest BCUT2D eigenvalue weighted by atomic mass is 16.2. The van der Waals surface area contributed by atoms with Crippen LogP contribution in [-0.2, 0) is 21.4 Å². The van der Waals surface area contributed by atoms with E-state index in [1.807, 2.05) is 0 Å². The highest BCUT2D eigenvalue weighted by Gasteiger charge is 2.49. The molecule has 0 saturated heterocycles. The van der Waals surface area contributed by atoms with E-state index in [2.05, 4.69) is 59.7 Å². The first-order chi connectivity index (χ1) is 13.1. The number of hydrogen-bond acceptors (Lipinski definition) is 2. The zero-order chi connectivity index (χ0) is 20.6. The third-order valence-electron chi connectivity index (χ3n) is 6.07. The van der Waals surface area contributed by atoms with Gasteiger partial charge in [-0.1, -0.05) is 59.7 Å². The van der Waals surface area contributed by atoms with Crippen LogP contribution in [0.4, 0.5) is 0 Å². The van der Waals surface area contributed by atoms with Crippen molar-refractivity contribution in [3.05, 3.63) is 47.0 Å². The molecule has 2 amide bonds. The molecule has 1 atom stereocenters. The number of nitrogens with zero attached hydrogens (tertiary/aromatic N) is 1. The quantitative estimate of drug-likeness (QED) is 0.578. The Bertz CT molecular complexity index is 760. The van der Waals surface area contributed by atoms with Crippen molar-refractivity contribution in [1.29, 1.82) is 0 Å². The number of carbonyl (C=O) groups excluding carboxylic acids is 2. The second-order valence-corrected chi connectivity index (χ2v) is 10.1. The Morgan fingerprint density at radius 2 is 1.50 bits per heavy atom. The summed E-state index contributed by atoms with van der Waals surface area (Å²) in [7, 11) is 0. The molecule has 0 radical (unpaired) electrons. The summed E-state index contributed by atoms with van der Waals surface area (Å²) in [4.78, 5) is 26.7. The molecule has 1 aliphatic carbocycles. The minimum Gasteiger partial charge on any atom is -0.269 e. The van der Waals surface area contributed by atoms with E-state index in [9.17, 15) is 9.59 Å². The number of amides is 2. The number of benzene rings is 1. The van der Waals surface area contributed by atoms with Gasteiger partial charge < -0.3 is 0 Å². The minimum atomic E-state index is -0.162. The van der Waals surface area contributed by atoms with E-state index in [4.69, 9.17) is 0 Å². The second kappa shape index (κ2) is 7.85. The molecule has 0 aromatic heterocycles. The lowest BCUT2D eigenvalue weighted by Gasteiger charge is -2.35. The van der Waals surface area contributed by atoms with Crippen molar-refractivity contribution in [2.24, 2.45) is 17.8 Å². The first kappa shape index (κ1) is 20.8. The average molecular weight is 382 g/mol. The largest absolute Gasteiger partial charge is 0.269 e. The van der Waals surface area contributed by atoms with Gasteiger partial charge in [0, 0.05) is 12.2 Å². The highest BCUT2D eigenvalue weighted by Crippen LogP contribution is 2.55. The maximum absolute atomic E-state index is 12.6. The molecule has 1 heterocycles. The average Bonchev–Trinajstić information content (AvgIpc) is 3.04. The van der Waals surface area contributed by atoms with Crippen LogP contribution >= 0.6 is 0 Å². The van der Waals surface area contributed by atoms with Gasteiger partial charge in [-0.05, 0) is 65.5 Å². The minimum absolute atomic E-state index is 0.0263. The smallest absolute Gasteiger partial charge is 0.254 e. The van der Waals surface area contributed by atoms with Crippen molar-refractivity contribution in [3.8, 4) is 0 Å². The molecule has 0 unspecified atom stereocenters. The van der Waals surface area contributed by atoms with Gasteiger partial charge in [0.05, 0.1) is 6.04 Å². The first-order valence-corrected chi connectivity index (χ1v) is 10.8. The zero-order valence-electron chi connectivity index (χ0n) is 18.3. The van der Waals surface area contributed by atoms with E-state index in [0.29, 0.717) is 17.8 Å². The molecular formula is C25H35NO2. The fourth-order valence-electron chi connectivity index (χ4n) is 5.64. The van der Waals surface area contributed by atoms with Crippen molar-refractivity contribution < 1.29 is 9.59 Å². The summed E-state index contributed by atoms with van der Waals surface area (Å²) < 4.78 is 0. The Kier molecular flexibility index (Phi) is 5.84. The van der Waals surface area contributed by atoms with E-state index in [1.54, 1.807) is 0 Å². The lowest BCUT2D eigenvalue weighted by atomic mass is 9.70. The van der Waals surface area contributed by atoms with Crippen molar-refractivity contribution in [1.82, 2.24) is 4.90 Å². The fourth-order valence-corrected chi connectivity index (χ4v) is 5.64. The fraction of sp³-hybridized carbons (Fsp3) is 0.600. The molecule has 0 saturated carbocycles. The normalized spacial score (nSPS) is 20.9. The van der Waals surface area contributed by atoms with E-state index in [1.165, 1.54) is 33.7 Å². The van der Waals surface area contributed by atoms with Gasteiger partial charge in [0.25, 0.3) is 11.8 Å². The van der Waals surface area contributed by atoms with Gasteiger partial charge in [0.2, 0.25) is 0 Å². The first-order valence-electron chi connectivity index (χ1n) is 10.8. The summed E-state index contributed by atoms with van der Waals surface area (Å²) >= 11 is 0. The lowest BCUT2D eigenvalue weighted by molar-refractivity contribution is -0.139. The van der Waals surface area contributed by atoms with Gasteiger partial charge in [-0.15, -0.1) is 0 Å². The number of fused-ring (bicyclic) bond motifs is 1. The Morgan fingerprint density at radius 1 is 0.929 bits per heavy atom. The molecule has 1 aromatic carbocycles. The summed E-state index contributed by atoms with van der Waals surface area (Å²) in [5.41, 5.74) is 3.96. The van der Waals surface area contributed by atoms with Crippen molar-refractivity contribution in [2.45, 2.75) is 78.7 Å². The molecule has 3 heteroatoms. The lowest BCUT2D eigenvalue weighted by Crippen LogP contribution is -2.35. The third-order valence-corrected chi connectivity index (χ3v) is 6.07. The van der Waals surface area contributed by atoms with E-state index < -0.39 is 0 Å². The summed E-state index contributed by atoms with van der Waals surface area (Å²) in [6.07, 6.45) is 6.86. The molecule has 0 bridgehead atoms. The van der Waals surface area contributed by atoms with Crippen LogP contribution < -0.4 is 0 Å². The van der Waals surface area contributed by atoms with E-state index in [-0.39, 0.29) is 23.3 Å². The summed E-state index contributed by atoms with van der Waals surface area (Å²) in [6.45, 7) is 13.6. The van der Waals surface area contributed by atoms with Crippen LogP contribution in [0.2, 0.25) is 0 Å². The summed E-state index contributed by atoms with van der Waals surface area (Å²) in [6, 6.07) is 6.51. The number of rotatable bonds is 7. The van der Waals surface area contributed by atoms with Crippen LogP contribution in [0.1, 0.15) is 83.5 Å². The van der Waals surface area contributed by atoms with Crippen LogP contribution in [0.15, 0.2) is 30.4 Å². The van der Waals surface area contributed by atoms with Crippen LogP contribution in [0, 0.1) is 17.8 Å². The maximum Gasteiger partial charge on any atom is 0.254 e. The third kappa shape index (κ3) is 3.81. The topological polar surface area (TPSA) is 37.4 Å². The SMILES string of the molecule is CC(C)Cc1cccc2c1[C@@H](N1C(=O)C=CC1=O)CC2(CC(C)C)CC(C)C. The van der Waals surface area contributed by atoms with Gasteiger partial charge in [0.1, 0.15) is 0 Å². The standard InChI is InChI=1S/C25H35NO2/c1-16(2)12-19-8-7-9-20-24(19)21(26-22(27)10-11-23(26)28)15-25(20,13-17(3)4)14-18(5)6/h7-11,16-18,21H,12-15H2,1-6H3/t21-/m0/s1. The van der Waals surface area contributed by atoms with Gasteiger partial charge in [-0.2, -0.15) is 0 Å². The molecular weight excluding hydrogens is 346 g/mol. The molecule has 1 aliphatic heterocycles. The maximum atomic E-state index is 12.6. The van der Waals surface area contributed by atoms with Gasteiger partial charge in [-0.25, -0.2) is 0 Å².